The Morgan fingerprint density at radius 3 is 2.75 bits per heavy atom. The van der Waals surface area contributed by atoms with Crippen molar-refractivity contribution in [1.82, 2.24) is 9.73 Å². The number of phenols is 1. The van der Waals surface area contributed by atoms with E-state index in [0.717, 1.165) is 0 Å². The number of nitrogens with one attached hydrogen (secondary N) is 2. The van der Waals surface area contributed by atoms with Crippen LogP contribution in [0.3, 0.4) is 0 Å². The summed E-state index contributed by atoms with van der Waals surface area (Å²) in [5.74, 6) is 0.267. The third-order valence-corrected chi connectivity index (χ3v) is 7.47. The van der Waals surface area contributed by atoms with E-state index in [4.69, 9.17) is 33.3 Å². The van der Waals surface area contributed by atoms with Crippen LogP contribution in [-0.2, 0) is 14.8 Å². The van der Waals surface area contributed by atoms with Crippen molar-refractivity contribution in [1.29, 1.82) is 0 Å². The van der Waals surface area contributed by atoms with Gasteiger partial charge in [-0.1, -0.05) is 11.6 Å². The third kappa shape index (κ3) is 5.88. The van der Waals surface area contributed by atoms with Crippen molar-refractivity contribution in [2.24, 2.45) is 5.10 Å². The molecule has 13 heteroatoms. The molecule has 0 aromatic heterocycles. The number of anilines is 1. The van der Waals surface area contributed by atoms with Gasteiger partial charge in [0.05, 0.1) is 46.6 Å². The van der Waals surface area contributed by atoms with E-state index in [-0.39, 0.29) is 21.5 Å². The first-order valence-electron chi connectivity index (χ1n) is 9.26. The number of hydrazone groups is 1. The van der Waals surface area contributed by atoms with Gasteiger partial charge in [-0.2, -0.15) is 9.41 Å². The SMILES string of the molecule is COc1cc(/C=N\NC(=S)Nc2cc(S(=O)(=O)N3CCOCC3)ccc2Cl)cc(Br)c1O. The van der Waals surface area contributed by atoms with Gasteiger partial charge in [-0.3, -0.25) is 5.43 Å². The van der Waals surface area contributed by atoms with Crippen molar-refractivity contribution in [3.63, 3.8) is 0 Å². The zero-order valence-corrected chi connectivity index (χ0v) is 20.8. The van der Waals surface area contributed by atoms with Crippen molar-refractivity contribution in [3.8, 4) is 11.5 Å². The summed E-state index contributed by atoms with van der Waals surface area (Å²) >= 11 is 14.7. The zero-order chi connectivity index (χ0) is 23.3. The Bertz CT molecular complexity index is 1140. The maximum atomic E-state index is 12.9. The second kappa shape index (κ2) is 10.8. The molecule has 0 spiro atoms. The van der Waals surface area contributed by atoms with Gasteiger partial charge < -0.3 is 19.9 Å². The number of methoxy groups -OCH3 is 1. The summed E-state index contributed by atoms with van der Waals surface area (Å²) in [5.41, 5.74) is 3.60. The molecule has 3 N–H and O–H groups in total. The Kier molecular flexibility index (Phi) is 8.31. The number of hydrogen-bond donors (Lipinski definition) is 3. The molecule has 0 atom stereocenters. The first kappa shape index (κ1) is 24.7. The highest BCUT2D eigenvalue weighted by Gasteiger charge is 2.27. The molecule has 3 rings (SSSR count). The lowest BCUT2D eigenvalue weighted by Gasteiger charge is -2.26. The largest absolute Gasteiger partial charge is 0.503 e. The van der Waals surface area contributed by atoms with Crippen LogP contribution in [0.25, 0.3) is 0 Å². The highest BCUT2D eigenvalue weighted by molar-refractivity contribution is 9.10. The van der Waals surface area contributed by atoms with E-state index in [1.54, 1.807) is 12.1 Å². The summed E-state index contributed by atoms with van der Waals surface area (Å²) in [7, 11) is -2.24. The lowest BCUT2D eigenvalue weighted by molar-refractivity contribution is 0.0730. The topological polar surface area (TPSA) is 112 Å². The fourth-order valence-electron chi connectivity index (χ4n) is 2.84. The van der Waals surface area contributed by atoms with Gasteiger partial charge in [-0.15, -0.1) is 0 Å². The van der Waals surface area contributed by atoms with Gasteiger partial charge in [0.15, 0.2) is 16.6 Å². The molecule has 9 nitrogen and oxygen atoms in total. The van der Waals surface area contributed by atoms with E-state index >= 15 is 0 Å². The molecule has 0 bridgehead atoms. The number of hydrogen-bond acceptors (Lipinski definition) is 7. The van der Waals surface area contributed by atoms with Crippen molar-refractivity contribution in [3.05, 3.63) is 45.4 Å². The minimum absolute atomic E-state index is 0.0173. The molecular weight excluding hydrogens is 544 g/mol. The second-order valence-electron chi connectivity index (χ2n) is 6.54. The fraction of sp³-hybridized carbons (Fsp3) is 0.263. The fourth-order valence-corrected chi connectivity index (χ4v) is 5.06. The van der Waals surface area contributed by atoms with Gasteiger partial charge in [-0.25, -0.2) is 8.42 Å². The molecule has 1 aliphatic heterocycles. The van der Waals surface area contributed by atoms with E-state index < -0.39 is 10.0 Å². The Balaban J connectivity index is 1.69. The van der Waals surface area contributed by atoms with Crippen LogP contribution in [0.4, 0.5) is 5.69 Å². The number of nitrogens with zero attached hydrogens (tertiary/aromatic N) is 2. The normalized spacial score (nSPS) is 15.0. The summed E-state index contributed by atoms with van der Waals surface area (Å²) in [4.78, 5) is 0.0960. The Hall–Kier alpha value is -1.96. The lowest BCUT2D eigenvalue weighted by atomic mass is 10.2. The molecule has 172 valence electrons. The van der Waals surface area contributed by atoms with Gasteiger partial charge in [0.1, 0.15) is 0 Å². The summed E-state index contributed by atoms with van der Waals surface area (Å²) in [6, 6.07) is 7.61. The average molecular weight is 564 g/mol. The van der Waals surface area contributed by atoms with Gasteiger partial charge in [0, 0.05) is 13.1 Å². The number of thiocarbonyl (C=S) groups is 1. The molecule has 2 aromatic carbocycles. The van der Waals surface area contributed by atoms with E-state index in [2.05, 4.69) is 31.8 Å². The Labute approximate surface area is 204 Å². The van der Waals surface area contributed by atoms with Crippen LogP contribution in [-0.4, -0.2) is 62.6 Å². The molecular formula is C19H20BrClN4O5S2. The number of phenolic OH excluding ortho intramolecular Hbond substituents is 1. The number of ether oxygens (including phenoxy) is 2. The molecule has 32 heavy (non-hydrogen) atoms. The third-order valence-electron chi connectivity index (χ3n) is 4.44. The van der Waals surface area contributed by atoms with Crippen LogP contribution in [0.2, 0.25) is 5.02 Å². The molecule has 1 heterocycles. The van der Waals surface area contributed by atoms with Crippen molar-refractivity contribution >= 4 is 66.8 Å². The molecule has 0 unspecified atom stereocenters. The summed E-state index contributed by atoms with van der Waals surface area (Å²) in [6.45, 7) is 1.29. The maximum absolute atomic E-state index is 12.9. The quantitative estimate of drug-likeness (QED) is 0.279. The first-order valence-corrected chi connectivity index (χ1v) is 12.3. The van der Waals surface area contributed by atoms with Gasteiger partial charge in [-0.05, 0) is 64.0 Å². The molecule has 0 saturated carbocycles. The van der Waals surface area contributed by atoms with Crippen LogP contribution in [0.5, 0.6) is 11.5 Å². The average Bonchev–Trinajstić information content (AvgIpc) is 2.78. The van der Waals surface area contributed by atoms with E-state index in [1.807, 2.05) is 0 Å². The van der Waals surface area contributed by atoms with Gasteiger partial charge in [0.2, 0.25) is 10.0 Å². The molecule has 1 aliphatic rings. The van der Waals surface area contributed by atoms with E-state index in [1.165, 1.54) is 35.8 Å². The number of morpholine rings is 1. The summed E-state index contributed by atoms with van der Waals surface area (Å²) < 4.78 is 37.9. The molecule has 0 amide bonds. The first-order chi connectivity index (χ1) is 15.2. The predicted molar refractivity (Wildman–Crippen MR) is 130 cm³/mol. The Morgan fingerprint density at radius 1 is 1.34 bits per heavy atom. The monoisotopic (exact) mass is 562 g/mol. The summed E-state index contributed by atoms with van der Waals surface area (Å²) in [6.07, 6.45) is 1.47. The van der Waals surface area contributed by atoms with Crippen LogP contribution in [0.1, 0.15) is 5.56 Å². The highest BCUT2D eigenvalue weighted by atomic mass is 79.9. The summed E-state index contributed by atoms with van der Waals surface area (Å²) in [5, 5.41) is 17.2. The van der Waals surface area contributed by atoms with Gasteiger partial charge >= 0.3 is 0 Å². The second-order valence-corrected chi connectivity index (χ2v) is 10.1. The molecule has 1 saturated heterocycles. The number of rotatable bonds is 6. The molecule has 1 fully saturated rings. The predicted octanol–water partition coefficient (Wildman–Crippen LogP) is 3.16. The highest BCUT2D eigenvalue weighted by Crippen LogP contribution is 2.34. The maximum Gasteiger partial charge on any atom is 0.243 e. The van der Waals surface area contributed by atoms with Crippen molar-refractivity contribution < 1.29 is 23.0 Å². The number of halogens is 2. The van der Waals surface area contributed by atoms with Crippen LogP contribution in [0, 0.1) is 0 Å². The van der Waals surface area contributed by atoms with E-state index in [9.17, 15) is 13.5 Å². The Morgan fingerprint density at radius 2 is 2.06 bits per heavy atom. The molecule has 0 aliphatic carbocycles. The van der Waals surface area contributed by atoms with Gasteiger partial charge in [0.25, 0.3) is 0 Å². The van der Waals surface area contributed by atoms with Crippen molar-refractivity contribution in [2.45, 2.75) is 4.90 Å². The number of sulfonamides is 1. The van der Waals surface area contributed by atoms with Crippen LogP contribution in [0.15, 0.2) is 44.8 Å². The lowest BCUT2D eigenvalue weighted by Crippen LogP contribution is -2.40. The minimum atomic E-state index is -3.68. The van der Waals surface area contributed by atoms with Crippen molar-refractivity contribution in [2.75, 3.05) is 38.7 Å². The zero-order valence-electron chi connectivity index (χ0n) is 16.8. The standard InChI is InChI=1S/C19H20BrClN4O5S2/c1-29-17-9-12(8-14(20)18(17)26)11-22-24-19(31)23-16-10-13(2-3-15(16)21)32(27,28)25-4-6-30-7-5-25/h2-3,8-11,26H,4-7H2,1H3,(H2,23,24,31)/b22-11-. The molecule has 2 aromatic rings. The van der Waals surface area contributed by atoms with Crippen LogP contribution < -0.4 is 15.5 Å². The smallest absolute Gasteiger partial charge is 0.243 e. The number of aromatic hydroxyl groups is 1. The molecule has 0 radical (unpaired) electrons. The number of benzene rings is 2. The minimum Gasteiger partial charge on any atom is -0.503 e. The van der Waals surface area contributed by atoms with Crippen LogP contribution >= 0.6 is 39.7 Å². The van der Waals surface area contributed by atoms with E-state index in [0.29, 0.717) is 47.0 Å².